The van der Waals surface area contributed by atoms with Gasteiger partial charge in [0.15, 0.2) is 5.84 Å². The van der Waals surface area contributed by atoms with Crippen molar-refractivity contribution in [1.29, 1.82) is 0 Å². The molecule has 0 saturated carbocycles. The Hall–Kier alpha value is -2.76. The number of aryl methyl sites for hydroxylation is 1. The molecule has 2 aromatic rings. The summed E-state index contributed by atoms with van der Waals surface area (Å²) in [5.41, 5.74) is 1.04. The van der Waals surface area contributed by atoms with Crippen molar-refractivity contribution in [1.82, 2.24) is 10.3 Å². The molecule has 0 aliphatic carbocycles. The molecule has 3 rings (SSSR count). The van der Waals surface area contributed by atoms with E-state index in [9.17, 15) is 14.7 Å². The number of aromatic carboxylic acids is 1. The average Bonchev–Trinajstić information content (AvgIpc) is 2.89. The zero-order valence-corrected chi connectivity index (χ0v) is 14.8. The molecule has 0 spiro atoms. The summed E-state index contributed by atoms with van der Waals surface area (Å²) in [6, 6.07) is 7.31. The second-order valence-electron chi connectivity index (χ2n) is 6.74. The number of amides is 1. The average molecular weight is 339 g/mol. The predicted octanol–water partition coefficient (Wildman–Crippen LogP) is 2.79. The first-order valence-electron chi connectivity index (χ1n) is 8.35. The van der Waals surface area contributed by atoms with E-state index in [-0.39, 0.29) is 28.9 Å². The van der Waals surface area contributed by atoms with E-state index in [1.807, 2.05) is 39.0 Å². The number of carboxylic acids is 1. The van der Waals surface area contributed by atoms with E-state index in [4.69, 9.17) is 0 Å². The summed E-state index contributed by atoms with van der Waals surface area (Å²) in [4.78, 5) is 33.2. The Labute approximate surface area is 146 Å². The molecule has 6 heteroatoms. The van der Waals surface area contributed by atoms with E-state index in [1.165, 1.54) is 0 Å². The van der Waals surface area contributed by atoms with Gasteiger partial charge < -0.3 is 10.4 Å². The van der Waals surface area contributed by atoms with Gasteiger partial charge in [0.25, 0.3) is 5.91 Å². The number of pyridine rings is 1. The summed E-state index contributed by atoms with van der Waals surface area (Å²) >= 11 is 0. The molecule has 25 heavy (non-hydrogen) atoms. The molecule has 1 atom stereocenters. The van der Waals surface area contributed by atoms with Crippen LogP contribution in [0.3, 0.4) is 0 Å². The molecule has 1 aliphatic heterocycles. The number of aliphatic imine (C=N–C) groups is 1. The Morgan fingerprint density at radius 3 is 2.64 bits per heavy atom. The fourth-order valence-corrected chi connectivity index (χ4v) is 2.96. The quantitative estimate of drug-likeness (QED) is 0.896. The van der Waals surface area contributed by atoms with Crippen molar-refractivity contribution in [2.24, 2.45) is 10.9 Å². The molecule has 130 valence electrons. The van der Waals surface area contributed by atoms with E-state index in [0.717, 1.165) is 17.4 Å². The minimum Gasteiger partial charge on any atom is -0.478 e. The predicted molar refractivity (Wildman–Crippen MR) is 96.0 cm³/mol. The minimum atomic E-state index is -1.09. The Morgan fingerprint density at radius 2 is 2.08 bits per heavy atom. The number of hydrogen-bond acceptors (Lipinski definition) is 4. The minimum absolute atomic E-state index is 0.0228. The summed E-state index contributed by atoms with van der Waals surface area (Å²) in [7, 11) is 0. The highest BCUT2D eigenvalue weighted by atomic mass is 16.4. The van der Waals surface area contributed by atoms with Crippen LogP contribution in [0.4, 0.5) is 0 Å². The number of fused-ring (bicyclic) bond motifs is 1. The molecule has 0 bridgehead atoms. The van der Waals surface area contributed by atoms with E-state index < -0.39 is 11.5 Å². The Kier molecular flexibility index (Phi) is 4.06. The third kappa shape index (κ3) is 2.67. The Balaban J connectivity index is 2.25. The van der Waals surface area contributed by atoms with Gasteiger partial charge in [0, 0.05) is 5.39 Å². The Morgan fingerprint density at radius 1 is 1.36 bits per heavy atom. The summed E-state index contributed by atoms with van der Waals surface area (Å²) in [6.07, 6.45) is 0.778. The lowest BCUT2D eigenvalue weighted by Crippen LogP contribution is -2.41. The van der Waals surface area contributed by atoms with Gasteiger partial charge in [-0.2, -0.15) is 0 Å². The van der Waals surface area contributed by atoms with Crippen molar-refractivity contribution in [3.05, 3.63) is 41.1 Å². The molecular formula is C19H21N3O3. The van der Waals surface area contributed by atoms with E-state index in [0.29, 0.717) is 5.52 Å². The van der Waals surface area contributed by atoms with Crippen LogP contribution in [0, 0.1) is 5.92 Å². The first-order valence-corrected chi connectivity index (χ1v) is 8.35. The van der Waals surface area contributed by atoms with Crippen LogP contribution in [0.2, 0.25) is 0 Å². The van der Waals surface area contributed by atoms with Crippen LogP contribution in [-0.4, -0.2) is 33.3 Å². The maximum Gasteiger partial charge on any atom is 0.338 e. The normalized spacial score (nSPS) is 20.0. The molecule has 1 aliphatic rings. The number of nitrogens with zero attached hydrogens (tertiary/aromatic N) is 2. The molecule has 0 fully saturated rings. The first kappa shape index (κ1) is 17.1. The molecule has 1 aromatic heterocycles. The van der Waals surface area contributed by atoms with Crippen molar-refractivity contribution in [2.75, 3.05) is 0 Å². The molecule has 2 N–H and O–H groups in total. The maximum atomic E-state index is 12.4. The fourth-order valence-electron chi connectivity index (χ4n) is 2.96. The van der Waals surface area contributed by atoms with Gasteiger partial charge in [0.05, 0.1) is 11.1 Å². The van der Waals surface area contributed by atoms with Gasteiger partial charge in [-0.05, 0) is 37.0 Å². The third-order valence-corrected chi connectivity index (χ3v) is 4.94. The number of benzene rings is 1. The number of carbonyl (C=O) groups excluding carboxylic acids is 1. The monoisotopic (exact) mass is 339 g/mol. The van der Waals surface area contributed by atoms with Crippen molar-refractivity contribution in [3.63, 3.8) is 0 Å². The van der Waals surface area contributed by atoms with Crippen LogP contribution < -0.4 is 5.32 Å². The lowest BCUT2D eigenvalue weighted by molar-refractivity contribution is -0.124. The van der Waals surface area contributed by atoms with Crippen molar-refractivity contribution in [3.8, 4) is 0 Å². The topological polar surface area (TPSA) is 91.7 Å². The lowest BCUT2D eigenvalue weighted by Gasteiger charge is -2.21. The summed E-state index contributed by atoms with van der Waals surface area (Å²) in [5, 5.41) is 13.2. The molecule has 2 heterocycles. The lowest BCUT2D eigenvalue weighted by atomic mass is 9.89. The number of amidine groups is 1. The molecule has 1 amide bonds. The third-order valence-electron chi connectivity index (χ3n) is 4.94. The van der Waals surface area contributed by atoms with Gasteiger partial charge in [-0.1, -0.05) is 32.9 Å². The van der Waals surface area contributed by atoms with Gasteiger partial charge >= 0.3 is 5.97 Å². The van der Waals surface area contributed by atoms with E-state index >= 15 is 0 Å². The number of hydrogen-bond donors (Lipinski definition) is 2. The van der Waals surface area contributed by atoms with Crippen LogP contribution in [0.15, 0.2) is 29.3 Å². The van der Waals surface area contributed by atoms with Gasteiger partial charge in [0.2, 0.25) is 0 Å². The van der Waals surface area contributed by atoms with Crippen molar-refractivity contribution in [2.45, 2.75) is 39.7 Å². The second-order valence-corrected chi connectivity index (χ2v) is 6.74. The number of carbonyl (C=O) groups is 2. The highest BCUT2D eigenvalue weighted by Crippen LogP contribution is 2.28. The number of rotatable bonds is 4. The van der Waals surface area contributed by atoms with Gasteiger partial charge in [-0.25, -0.2) is 14.8 Å². The van der Waals surface area contributed by atoms with Crippen LogP contribution in [0.5, 0.6) is 0 Å². The first-order chi connectivity index (χ1) is 11.8. The summed E-state index contributed by atoms with van der Waals surface area (Å²) in [6.45, 7) is 7.58. The van der Waals surface area contributed by atoms with E-state index in [1.54, 1.807) is 13.0 Å². The van der Waals surface area contributed by atoms with Crippen LogP contribution in [0.1, 0.15) is 49.3 Å². The molecule has 6 nitrogen and oxygen atoms in total. The summed E-state index contributed by atoms with van der Waals surface area (Å²) < 4.78 is 0. The summed E-state index contributed by atoms with van der Waals surface area (Å²) in [5.74, 6) is -1.13. The number of carboxylic acid groups (broad SMARTS) is 1. The van der Waals surface area contributed by atoms with Crippen LogP contribution in [0.25, 0.3) is 10.9 Å². The second kappa shape index (κ2) is 5.95. The molecule has 0 radical (unpaired) electrons. The number of aromatic nitrogens is 1. The SMILES string of the molecule is CCc1cccc2nc(C3=NC(C)(C(C)C)C(=O)N3)c(C(=O)O)cc12. The van der Waals surface area contributed by atoms with Gasteiger partial charge in [-0.3, -0.25) is 4.79 Å². The van der Waals surface area contributed by atoms with Crippen molar-refractivity contribution < 1.29 is 14.7 Å². The molecule has 1 aromatic carbocycles. The molecular weight excluding hydrogens is 318 g/mol. The zero-order chi connectivity index (χ0) is 18.4. The van der Waals surface area contributed by atoms with Crippen LogP contribution >= 0.6 is 0 Å². The fraction of sp³-hybridized carbons (Fsp3) is 0.368. The van der Waals surface area contributed by atoms with Gasteiger partial charge in [0.1, 0.15) is 11.2 Å². The highest BCUT2D eigenvalue weighted by Gasteiger charge is 2.43. The largest absolute Gasteiger partial charge is 0.478 e. The van der Waals surface area contributed by atoms with Crippen LogP contribution in [-0.2, 0) is 11.2 Å². The highest BCUT2D eigenvalue weighted by molar-refractivity contribution is 6.18. The molecule has 1 unspecified atom stereocenters. The number of nitrogens with one attached hydrogen (secondary N) is 1. The maximum absolute atomic E-state index is 12.4. The zero-order valence-electron chi connectivity index (χ0n) is 14.8. The molecule has 0 saturated heterocycles. The van der Waals surface area contributed by atoms with Gasteiger partial charge in [-0.15, -0.1) is 0 Å². The standard InChI is InChI=1S/C19H21N3O3/c1-5-11-7-6-8-14-12(11)9-13(17(23)24)15(20-14)16-21-18(25)19(4,22-16)10(2)3/h6-10H,5H2,1-4H3,(H,23,24)(H,21,22,25). The van der Waals surface area contributed by atoms with Crippen molar-refractivity contribution >= 4 is 28.6 Å². The Bertz CT molecular complexity index is 918. The van der Waals surface area contributed by atoms with E-state index in [2.05, 4.69) is 15.3 Å². The smallest absolute Gasteiger partial charge is 0.338 e.